The fourth-order valence-electron chi connectivity index (χ4n) is 7.21. The van der Waals surface area contributed by atoms with E-state index in [4.69, 9.17) is 9.98 Å². The molecule has 5 rings (SSSR count). The summed E-state index contributed by atoms with van der Waals surface area (Å²) < 4.78 is 0. The van der Waals surface area contributed by atoms with Gasteiger partial charge in [-0.25, -0.2) is 9.98 Å². The molecule has 4 aliphatic heterocycles. The molecule has 15 heteroatoms. The zero-order valence-electron chi connectivity index (χ0n) is 36.3. The minimum Gasteiger partial charge on any atom is -0.355 e. The zero-order chi connectivity index (χ0) is 43.5. The summed E-state index contributed by atoms with van der Waals surface area (Å²) in [5.74, 6) is -0.905. The molecule has 0 saturated carbocycles. The Morgan fingerprint density at radius 3 is 1.67 bits per heavy atom. The summed E-state index contributed by atoms with van der Waals surface area (Å²) in [5, 5.41) is 15.0. The van der Waals surface area contributed by atoms with E-state index in [1.165, 1.54) is 13.8 Å². The molecule has 8 bridgehead atoms. The summed E-state index contributed by atoms with van der Waals surface area (Å²) in [7, 11) is 0. The van der Waals surface area contributed by atoms with Gasteiger partial charge in [-0.3, -0.25) is 24.5 Å². The monoisotopic (exact) mass is 881 g/mol. The fourth-order valence-corrected chi connectivity index (χ4v) is 7.21. The first kappa shape index (κ1) is 48.0. The van der Waals surface area contributed by atoms with E-state index in [-0.39, 0.29) is 119 Å². The van der Waals surface area contributed by atoms with E-state index in [9.17, 15) is 28.8 Å². The number of allylic oxidation sites excluding steroid dienone is 9. The number of carbonyl (C=O) groups is 6. The van der Waals surface area contributed by atoms with Crippen LogP contribution in [0.1, 0.15) is 90.7 Å². The Hall–Kier alpha value is -5.66. The Morgan fingerprint density at radius 1 is 0.623 bits per heavy atom. The molecular formula is C46H57N8O6Zn+. The van der Waals surface area contributed by atoms with Gasteiger partial charge in [-0.15, -0.1) is 0 Å². The van der Waals surface area contributed by atoms with Gasteiger partial charge in [0, 0.05) is 124 Å². The fraction of sp³-hybridized carbons (Fsp3) is 0.391. The summed E-state index contributed by atoms with van der Waals surface area (Å²) in [6, 6.07) is 0. The Labute approximate surface area is 369 Å². The first-order valence-corrected chi connectivity index (χ1v) is 20.5. The SMILES string of the molecule is C=CC1=CC2=CC3=C(C)C(C)=C(C=C4N=C(C=c5[nH]c(c(C)c5CCC(=O)NCCNC(=O)CCC(C)=O)=CC1=N2)C(CCC(=O)NCCNC(=O)CCC(C)=O)=C4C)[NH2+]3.[Zn]. The van der Waals surface area contributed by atoms with Crippen LogP contribution < -0.4 is 37.3 Å². The van der Waals surface area contributed by atoms with Crippen LogP contribution in [0.25, 0.3) is 12.2 Å². The standard InChI is InChI=1S/C46H56N8O6.Zn/c1-8-32-21-33-22-36-28(4)29(5)37(52-36)23-38-30(6)34(11-15-45(59)49-19-17-47-43(57)13-9-26(2)55)41(53-38)25-42-35(31(7)39(54-42)24-40(32)51-33)12-16-46(60)50-20-18-48-44(58)14-10-27(3)56;/h8,21-25,52,54H,1,9-20H2,2-7H3,(H,47,57)(H,48,58)(H,49,59)(H,50,60);/p+1. The number of H-pyrrole nitrogens is 1. The van der Waals surface area contributed by atoms with E-state index in [2.05, 4.69) is 64.1 Å². The molecule has 1 aromatic heterocycles. The van der Waals surface area contributed by atoms with E-state index >= 15 is 0 Å². The summed E-state index contributed by atoms with van der Waals surface area (Å²) in [5.41, 5.74) is 12.1. The van der Waals surface area contributed by atoms with Gasteiger partial charge in [0.25, 0.3) is 0 Å². The molecule has 4 amide bonds. The maximum atomic E-state index is 13.1. The van der Waals surface area contributed by atoms with Crippen molar-refractivity contribution in [3.63, 3.8) is 0 Å². The number of hydrogen-bond acceptors (Lipinski definition) is 8. The number of aromatic amines is 1. The van der Waals surface area contributed by atoms with Gasteiger partial charge in [0.15, 0.2) is 0 Å². The number of carbonyl (C=O) groups excluding carboxylic acids is 6. The number of amides is 4. The second-order valence-corrected chi connectivity index (χ2v) is 15.5. The molecule has 0 radical (unpaired) electrons. The number of aliphatic imine (C=N–C) groups is 2. The number of Topliss-reactive ketones (excluding diaryl/α,β-unsaturated/α-hetero) is 2. The second-order valence-electron chi connectivity index (χ2n) is 15.5. The van der Waals surface area contributed by atoms with Gasteiger partial charge in [-0.05, 0) is 94.9 Å². The predicted molar refractivity (Wildman–Crippen MR) is 232 cm³/mol. The van der Waals surface area contributed by atoms with E-state index < -0.39 is 0 Å². The largest absolute Gasteiger partial charge is 0.355 e. The number of fused-ring (bicyclic) bond motifs is 6. The van der Waals surface area contributed by atoms with Crippen molar-refractivity contribution in [2.75, 3.05) is 26.2 Å². The van der Waals surface area contributed by atoms with Crippen molar-refractivity contribution in [2.24, 2.45) is 9.98 Å². The number of nitrogens with two attached hydrogens (primary N) is 1. The van der Waals surface area contributed by atoms with Gasteiger partial charge in [0.2, 0.25) is 23.6 Å². The van der Waals surface area contributed by atoms with E-state index in [0.29, 0.717) is 18.6 Å². The van der Waals surface area contributed by atoms with Gasteiger partial charge < -0.3 is 35.8 Å². The van der Waals surface area contributed by atoms with Crippen LogP contribution in [-0.4, -0.2) is 77.8 Å². The molecule has 5 heterocycles. The van der Waals surface area contributed by atoms with Crippen molar-refractivity contribution in [1.82, 2.24) is 26.3 Å². The van der Waals surface area contributed by atoms with Crippen LogP contribution in [-0.2, 0) is 54.7 Å². The molecule has 0 atom stereocenters. The van der Waals surface area contributed by atoms with Gasteiger partial charge in [-0.1, -0.05) is 12.7 Å². The number of nitrogens with zero attached hydrogens (tertiary/aromatic N) is 2. The Balaban J connectivity index is 0.00000819. The summed E-state index contributed by atoms with van der Waals surface area (Å²) in [6.07, 6.45) is 13.8. The van der Waals surface area contributed by atoms with Crippen molar-refractivity contribution in [1.29, 1.82) is 0 Å². The van der Waals surface area contributed by atoms with Crippen molar-refractivity contribution in [2.45, 2.75) is 92.9 Å². The van der Waals surface area contributed by atoms with Gasteiger partial charge >= 0.3 is 0 Å². The number of rotatable bonds is 19. The molecule has 0 aromatic carbocycles. The maximum absolute atomic E-state index is 13.1. The zero-order valence-corrected chi connectivity index (χ0v) is 39.3. The molecule has 14 nitrogen and oxygen atoms in total. The Morgan fingerprint density at radius 2 is 1.13 bits per heavy atom. The smallest absolute Gasteiger partial charge is 0.220 e. The quantitative estimate of drug-likeness (QED) is 0.0906. The Bertz CT molecular complexity index is 2400. The topological polar surface area (TPSA) is 208 Å². The van der Waals surface area contributed by atoms with Crippen LogP contribution in [0.5, 0.6) is 0 Å². The molecule has 0 fully saturated rings. The number of hydrogen-bond donors (Lipinski definition) is 6. The Kier molecular flexibility index (Phi) is 17.5. The van der Waals surface area contributed by atoms with Gasteiger partial charge in [-0.2, -0.15) is 0 Å². The third-order valence-electron chi connectivity index (χ3n) is 11.0. The summed E-state index contributed by atoms with van der Waals surface area (Å²) in [6.45, 7) is 16.2. The van der Waals surface area contributed by atoms with Crippen LogP contribution in [0.4, 0.5) is 0 Å². The second kappa shape index (κ2) is 22.3. The number of nitrogens with one attached hydrogen (secondary N) is 5. The van der Waals surface area contributed by atoms with Crippen LogP contribution in [0.2, 0.25) is 0 Å². The molecular weight excluding hydrogens is 826 g/mol. The molecule has 4 aliphatic rings. The summed E-state index contributed by atoms with van der Waals surface area (Å²) in [4.78, 5) is 86.3. The third-order valence-corrected chi connectivity index (χ3v) is 11.0. The van der Waals surface area contributed by atoms with Crippen molar-refractivity contribution < 1.29 is 53.6 Å². The average Bonchev–Trinajstić information content (AvgIpc) is 3.90. The van der Waals surface area contributed by atoms with Crippen molar-refractivity contribution >= 4 is 58.8 Å². The normalized spacial score (nSPS) is 15.3. The molecule has 0 saturated heterocycles. The van der Waals surface area contributed by atoms with Crippen LogP contribution in [0, 0.1) is 6.92 Å². The van der Waals surface area contributed by atoms with Crippen LogP contribution in [0.3, 0.4) is 0 Å². The van der Waals surface area contributed by atoms with E-state index in [1.54, 1.807) is 6.08 Å². The van der Waals surface area contributed by atoms with Crippen molar-refractivity contribution in [3.05, 3.63) is 103 Å². The minimum absolute atomic E-state index is 0. The number of aromatic nitrogens is 1. The molecule has 0 aliphatic carbocycles. The maximum Gasteiger partial charge on any atom is 0.220 e. The molecule has 0 unspecified atom stereocenters. The predicted octanol–water partition coefficient (Wildman–Crippen LogP) is 2.04. The number of ketones is 2. The molecule has 7 N–H and O–H groups in total. The summed E-state index contributed by atoms with van der Waals surface area (Å²) >= 11 is 0. The van der Waals surface area contributed by atoms with Crippen LogP contribution >= 0.6 is 0 Å². The van der Waals surface area contributed by atoms with Gasteiger partial charge in [0.05, 0.1) is 22.8 Å². The molecule has 0 spiro atoms. The first-order valence-electron chi connectivity index (χ1n) is 20.5. The minimum atomic E-state index is -0.234. The van der Waals surface area contributed by atoms with E-state index in [0.717, 1.165) is 78.2 Å². The van der Waals surface area contributed by atoms with E-state index in [1.807, 2.05) is 32.1 Å². The third kappa shape index (κ3) is 13.2. The molecule has 318 valence electrons. The van der Waals surface area contributed by atoms with Crippen LogP contribution in [0.15, 0.2) is 91.5 Å². The molecule has 61 heavy (non-hydrogen) atoms. The molecule has 1 aromatic rings. The number of quaternary nitrogens is 1. The first-order chi connectivity index (χ1) is 28.6. The average molecular weight is 883 g/mol. The van der Waals surface area contributed by atoms with Crippen molar-refractivity contribution in [3.8, 4) is 0 Å². The van der Waals surface area contributed by atoms with Gasteiger partial charge in [0.1, 0.15) is 23.0 Å².